The first-order chi connectivity index (χ1) is 11.0. The van der Waals surface area contributed by atoms with Gasteiger partial charge in [0.1, 0.15) is 6.61 Å². The van der Waals surface area contributed by atoms with Crippen molar-refractivity contribution in [3.8, 4) is 5.75 Å². The molecule has 0 saturated heterocycles. The van der Waals surface area contributed by atoms with Crippen LogP contribution in [0.5, 0.6) is 5.75 Å². The lowest BCUT2D eigenvalue weighted by Crippen LogP contribution is -2.10. The number of ether oxygens (including phenoxy) is 1. The second kappa shape index (κ2) is 6.05. The standard InChI is InChI=1S/C19H23N3O/c1-19(2,3)15-8-6-14(7-9-15)13-23-17-5-4-10-22-12-16(11-20)21-18(17)22/h4-10,12H,11,13,20H2,1-3H3. The number of nitrogens with two attached hydrogens (primary N) is 1. The van der Waals surface area contributed by atoms with E-state index in [4.69, 9.17) is 10.5 Å². The van der Waals surface area contributed by atoms with Crippen molar-refractivity contribution in [2.45, 2.75) is 39.3 Å². The minimum Gasteiger partial charge on any atom is -0.485 e. The molecule has 2 heterocycles. The molecule has 2 aromatic heterocycles. The number of aromatic nitrogens is 2. The first-order valence-corrected chi connectivity index (χ1v) is 7.86. The molecule has 0 aliphatic heterocycles. The molecule has 0 bridgehead atoms. The summed E-state index contributed by atoms with van der Waals surface area (Å²) < 4.78 is 7.91. The SMILES string of the molecule is CC(C)(C)c1ccc(COc2cccn3cc(CN)nc23)cc1. The Kier molecular flexibility index (Phi) is 4.09. The Morgan fingerprint density at radius 1 is 1.13 bits per heavy atom. The van der Waals surface area contributed by atoms with Gasteiger partial charge in [-0.3, -0.25) is 0 Å². The maximum Gasteiger partial charge on any atom is 0.179 e. The van der Waals surface area contributed by atoms with Gasteiger partial charge in [-0.05, 0) is 28.7 Å². The third kappa shape index (κ3) is 3.37. The predicted molar refractivity (Wildman–Crippen MR) is 92.6 cm³/mol. The Morgan fingerprint density at radius 3 is 2.52 bits per heavy atom. The third-order valence-corrected chi connectivity index (χ3v) is 3.92. The molecule has 0 amide bonds. The molecule has 1 aromatic carbocycles. The minimum absolute atomic E-state index is 0.166. The van der Waals surface area contributed by atoms with Gasteiger partial charge in [-0.1, -0.05) is 45.0 Å². The molecule has 3 rings (SSSR count). The molecule has 0 radical (unpaired) electrons. The molecule has 23 heavy (non-hydrogen) atoms. The van der Waals surface area contributed by atoms with Gasteiger partial charge in [-0.2, -0.15) is 0 Å². The molecule has 0 atom stereocenters. The average molecular weight is 309 g/mol. The summed E-state index contributed by atoms with van der Waals surface area (Å²) in [7, 11) is 0. The lowest BCUT2D eigenvalue weighted by Gasteiger charge is -2.19. The number of nitrogens with zero attached hydrogens (tertiary/aromatic N) is 2. The minimum atomic E-state index is 0.166. The van der Waals surface area contributed by atoms with Crippen molar-refractivity contribution in [3.05, 3.63) is 65.6 Å². The van der Waals surface area contributed by atoms with Crippen LogP contribution in [0.1, 0.15) is 37.6 Å². The van der Waals surface area contributed by atoms with Crippen molar-refractivity contribution in [3.63, 3.8) is 0 Å². The Hall–Kier alpha value is -2.33. The number of hydrogen-bond donors (Lipinski definition) is 1. The van der Waals surface area contributed by atoms with Crippen LogP contribution in [0.15, 0.2) is 48.8 Å². The van der Waals surface area contributed by atoms with Gasteiger partial charge in [0.05, 0.1) is 5.69 Å². The Balaban J connectivity index is 1.77. The summed E-state index contributed by atoms with van der Waals surface area (Å²) >= 11 is 0. The molecular weight excluding hydrogens is 286 g/mol. The molecule has 3 aromatic rings. The number of rotatable bonds is 4. The fraction of sp³-hybridized carbons (Fsp3) is 0.316. The average Bonchev–Trinajstić information content (AvgIpc) is 2.96. The van der Waals surface area contributed by atoms with E-state index in [9.17, 15) is 0 Å². The molecule has 0 unspecified atom stereocenters. The van der Waals surface area contributed by atoms with Gasteiger partial charge < -0.3 is 14.9 Å². The highest BCUT2D eigenvalue weighted by molar-refractivity contribution is 5.54. The van der Waals surface area contributed by atoms with Crippen molar-refractivity contribution in [1.29, 1.82) is 0 Å². The van der Waals surface area contributed by atoms with Crippen LogP contribution in [-0.4, -0.2) is 9.38 Å². The van der Waals surface area contributed by atoms with Crippen molar-refractivity contribution in [2.24, 2.45) is 5.73 Å². The van der Waals surface area contributed by atoms with Crippen LogP contribution in [0.3, 0.4) is 0 Å². The van der Waals surface area contributed by atoms with Gasteiger partial charge in [-0.15, -0.1) is 0 Å². The highest BCUT2D eigenvalue weighted by Gasteiger charge is 2.13. The van der Waals surface area contributed by atoms with E-state index in [2.05, 4.69) is 50.0 Å². The van der Waals surface area contributed by atoms with Crippen LogP contribution < -0.4 is 10.5 Å². The topological polar surface area (TPSA) is 52.5 Å². The molecular formula is C19H23N3O. The fourth-order valence-corrected chi connectivity index (χ4v) is 2.51. The summed E-state index contributed by atoms with van der Waals surface area (Å²) in [4.78, 5) is 4.50. The van der Waals surface area contributed by atoms with Gasteiger partial charge in [0, 0.05) is 18.9 Å². The molecule has 0 fully saturated rings. The summed E-state index contributed by atoms with van der Waals surface area (Å²) in [6.07, 6.45) is 3.88. The summed E-state index contributed by atoms with van der Waals surface area (Å²) in [6, 6.07) is 12.5. The number of imidazole rings is 1. The molecule has 0 aliphatic carbocycles. The van der Waals surface area contributed by atoms with E-state index in [-0.39, 0.29) is 5.41 Å². The zero-order chi connectivity index (χ0) is 16.4. The second-order valence-corrected chi connectivity index (χ2v) is 6.78. The van der Waals surface area contributed by atoms with E-state index in [1.807, 2.05) is 28.9 Å². The van der Waals surface area contributed by atoms with Crippen LogP contribution >= 0.6 is 0 Å². The molecule has 4 heteroatoms. The highest BCUT2D eigenvalue weighted by atomic mass is 16.5. The van der Waals surface area contributed by atoms with Crippen molar-refractivity contribution in [2.75, 3.05) is 0 Å². The zero-order valence-electron chi connectivity index (χ0n) is 13.9. The Labute approximate surface area is 136 Å². The summed E-state index contributed by atoms with van der Waals surface area (Å²) in [5, 5.41) is 0. The lowest BCUT2D eigenvalue weighted by molar-refractivity contribution is 0.308. The molecule has 0 saturated carbocycles. The summed E-state index contributed by atoms with van der Waals surface area (Å²) in [6.45, 7) is 7.59. The molecule has 120 valence electrons. The monoisotopic (exact) mass is 309 g/mol. The van der Waals surface area contributed by atoms with Gasteiger partial charge in [0.2, 0.25) is 0 Å². The van der Waals surface area contributed by atoms with Crippen LogP contribution in [0.25, 0.3) is 5.65 Å². The lowest BCUT2D eigenvalue weighted by atomic mass is 9.87. The molecule has 0 spiro atoms. The van der Waals surface area contributed by atoms with E-state index in [1.54, 1.807) is 0 Å². The van der Waals surface area contributed by atoms with E-state index >= 15 is 0 Å². The van der Waals surface area contributed by atoms with Crippen molar-refractivity contribution < 1.29 is 4.74 Å². The smallest absolute Gasteiger partial charge is 0.179 e. The molecule has 2 N–H and O–H groups in total. The second-order valence-electron chi connectivity index (χ2n) is 6.78. The van der Waals surface area contributed by atoms with Gasteiger partial charge in [0.25, 0.3) is 0 Å². The first kappa shape index (κ1) is 15.6. The van der Waals surface area contributed by atoms with Gasteiger partial charge in [0.15, 0.2) is 11.4 Å². The quantitative estimate of drug-likeness (QED) is 0.800. The van der Waals surface area contributed by atoms with Gasteiger partial charge >= 0.3 is 0 Å². The van der Waals surface area contributed by atoms with Crippen molar-refractivity contribution in [1.82, 2.24) is 9.38 Å². The number of hydrogen-bond acceptors (Lipinski definition) is 3. The van der Waals surface area contributed by atoms with E-state index < -0.39 is 0 Å². The molecule has 4 nitrogen and oxygen atoms in total. The first-order valence-electron chi connectivity index (χ1n) is 7.86. The Bertz CT molecular complexity index is 798. The molecule has 0 aliphatic rings. The van der Waals surface area contributed by atoms with Gasteiger partial charge in [-0.25, -0.2) is 4.98 Å². The van der Waals surface area contributed by atoms with Crippen LogP contribution in [0.4, 0.5) is 0 Å². The third-order valence-electron chi connectivity index (χ3n) is 3.92. The predicted octanol–water partition coefficient (Wildman–Crippen LogP) is 3.67. The normalized spacial score (nSPS) is 11.8. The van der Waals surface area contributed by atoms with Crippen LogP contribution in [0, 0.1) is 0 Å². The summed E-state index contributed by atoms with van der Waals surface area (Å²) in [5.74, 6) is 0.770. The highest BCUT2D eigenvalue weighted by Crippen LogP contribution is 2.23. The Morgan fingerprint density at radius 2 is 1.87 bits per heavy atom. The fourth-order valence-electron chi connectivity index (χ4n) is 2.51. The van der Waals surface area contributed by atoms with E-state index in [1.165, 1.54) is 5.56 Å². The number of benzene rings is 1. The van der Waals surface area contributed by atoms with E-state index in [0.717, 1.165) is 22.7 Å². The van der Waals surface area contributed by atoms with Crippen LogP contribution in [0.2, 0.25) is 0 Å². The largest absolute Gasteiger partial charge is 0.485 e. The maximum atomic E-state index is 5.96. The summed E-state index contributed by atoms with van der Waals surface area (Å²) in [5.41, 5.74) is 9.96. The zero-order valence-corrected chi connectivity index (χ0v) is 13.9. The number of pyridine rings is 1. The maximum absolute atomic E-state index is 5.96. The van der Waals surface area contributed by atoms with Crippen LogP contribution in [-0.2, 0) is 18.6 Å². The number of fused-ring (bicyclic) bond motifs is 1. The van der Waals surface area contributed by atoms with Crippen molar-refractivity contribution >= 4 is 5.65 Å². The van der Waals surface area contributed by atoms with E-state index in [0.29, 0.717) is 13.2 Å².